The van der Waals surface area contributed by atoms with E-state index in [0.717, 1.165) is 7.11 Å². The maximum absolute atomic E-state index is 12.3. The molecule has 4 nitrogen and oxygen atoms in total. The summed E-state index contributed by atoms with van der Waals surface area (Å²) in [7, 11) is 1.16. The van der Waals surface area contributed by atoms with Crippen LogP contribution in [-0.4, -0.2) is 24.8 Å². The lowest BCUT2D eigenvalue weighted by Gasteiger charge is -2.15. The zero-order chi connectivity index (χ0) is 16.7. The lowest BCUT2D eigenvalue weighted by atomic mass is 9.86. The molecule has 0 fully saturated rings. The van der Waals surface area contributed by atoms with Crippen LogP contribution >= 0.6 is 0 Å². The van der Waals surface area contributed by atoms with E-state index in [0.29, 0.717) is 16.7 Å². The molecule has 0 radical (unpaired) electrons. The molecule has 2 rings (SSSR count). The Labute approximate surface area is 134 Å². The third-order valence-corrected chi connectivity index (χ3v) is 3.56. The number of methoxy groups -OCH3 is 1. The van der Waals surface area contributed by atoms with Gasteiger partial charge in [0.05, 0.1) is 13.0 Å². The van der Waals surface area contributed by atoms with Gasteiger partial charge >= 0.3 is 5.97 Å². The number of carbonyl (C=O) groups excluding carboxylic acids is 3. The number of carbonyl (C=O) groups is 2. The lowest BCUT2D eigenvalue weighted by molar-refractivity contribution is -0.152. The largest absolute Gasteiger partial charge is 0.463 e. The van der Waals surface area contributed by atoms with Crippen molar-refractivity contribution < 1.29 is 19.1 Å². The highest BCUT2D eigenvalue weighted by Crippen LogP contribution is 2.28. The average molecular weight is 308 g/mol. The molecule has 2 aromatic rings. The van der Waals surface area contributed by atoms with Crippen molar-refractivity contribution in [1.29, 1.82) is 0 Å². The number of ketones is 1. The summed E-state index contributed by atoms with van der Waals surface area (Å²) in [6.07, 6.45) is 0.0887. The first-order valence-electron chi connectivity index (χ1n) is 7.14. The minimum Gasteiger partial charge on any atom is -0.463 e. The fourth-order valence-corrected chi connectivity index (χ4v) is 2.35. The van der Waals surface area contributed by atoms with Gasteiger partial charge in [-0.2, -0.15) is 0 Å². The number of rotatable bonds is 6. The Morgan fingerprint density at radius 3 is 2.09 bits per heavy atom. The summed E-state index contributed by atoms with van der Waals surface area (Å²) in [5.74, 6) is -0.482. The molecular weight excluding hydrogens is 292 g/mol. The predicted molar refractivity (Wildman–Crippen MR) is 86.4 cm³/mol. The standard InChI is InChI=1S/C19H16O4/c1-23-19(22)18(21)17(15-10-6-3-7-11-15)12-16(13-20)14-8-4-2-5-9-14/h2-11,17H,12H2,1H3. The quantitative estimate of drug-likeness (QED) is 0.468. The summed E-state index contributed by atoms with van der Waals surface area (Å²) in [6.45, 7) is 0. The van der Waals surface area contributed by atoms with Gasteiger partial charge in [-0.05, 0) is 17.5 Å². The smallest absolute Gasteiger partial charge is 0.374 e. The van der Waals surface area contributed by atoms with E-state index < -0.39 is 17.7 Å². The van der Waals surface area contributed by atoms with Crippen molar-refractivity contribution in [3.05, 3.63) is 71.8 Å². The number of hydrogen-bond donors (Lipinski definition) is 0. The molecule has 0 aromatic heterocycles. The highest BCUT2D eigenvalue weighted by molar-refractivity contribution is 6.36. The van der Waals surface area contributed by atoms with Crippen LogP contribution in [0.25, 0.3) is 5.57 Å². The second-order valence-corrected chi connectivity index (χ2v) is 4.97. The number of ether oxygens (including phenoxy) is 1. The van der Waals surface area contributed by atoms with Crippen LogP contribution in [0.5, 0.6) is 0 Å². The van der Waals surface area contributed by atoms with Gasteiger partial charge < -0.3 is 4.74 Å². The summed E-state index contributed by atoms with van der Waals surface area (Å²) in [6, 6.07) is 17.8. The van der Waals surface area contributed by atoms with E-state index in [1.807, 2.05) is 18.1 Å². The molecule has 2 aromatic carbocycles. The van der Waals surface area contributed by atoms with Gasteiger partial charge in [0.2, 0.25) is 5.78 Å². The van der Waals surface area contributed by atoms with Crippen molar-refractivity contribution in [3.8, 4) is 0 Å². The Morgan fingerprint density at radius 2 is 1.57 bits per heavy atom. The van der Waals surface area contributed by atoms with Crippen LogP contribution in [0, 0.1) is 0 Å². The monoisotopic (exact) mass is 308 g/mol. The number of esters is 1. The highest BCUT2D eigenvalue weighted by atomic mass is 16.5. The number of allylic oxidation sites excluding steroid dienone is 1. The molecule has 4 heteroatoms. The molecular formula is C19H16O4. The second-order valence-electron chi connectivity index (χ2n) is 4.97. The van der Waals surface area contributed by atoms with Crippen LogP contribution in [0.2, 0.25) is 0 Å². The first-order valence-corrected chi connectivity index (χ1v) is 7.14. The first kappa shape index (κ1) is 16.4. The van der Waals surface area contributed by atoms with Crippen molar-refractivity contribution in [2.24, 2.45) is 0 Å². The van der Waals surface area contributed by atoms with E-state index in [1.54, 1.807) is 48.5 Å². The number of hydrogen-bond acceptors (Lipinski definition) is 4. The fourth-order valence-electron chi connectivity index (χ4n) is 2.35. The molecule has 0 amide bonds. The minimum atomic E-state index is -0.919. The van der Waals surface area contributed by atoms with Crippen LogP contribution in [0.4, 0.5) is 0 Å². The third-order valence-electron chi connectivity index (χ3n) is 3.56. The third kappa shape index (κ3) is 4.02. The topological polar surface area (TPSA) is 60.4 Å². The summed E-state index contributed by atoms with van der Waals surface area (Å²) >= 11 is 0. The normalized spacial score (nSPS) is 11.2. The Morgan fingerprint density at radius 1 is 1.00 bits per heavy atom. The lowest BCUT2D eigenvalue weighted by Crippen LogP contribution is -2.24. The molecule has 0 aliphatic heterocycles. The van der Waals surface area contributed by atoms with Gasteiger partial charge in [-0.25, -0.2) is 9.59 Å². The Bertz CT molecular complexity index is 728. The van der Waals surface area contributed by atoms with E-state index >= 15 is 0 Å². The van der Waals surface area contributed by atoms with Crippen molar-refractivity contribution in [3.63, 3.8) is 0 Å². The van der Waals surface area contributed by atoms with Gasteiger partial charge in [-0.1, -0.05) is 60.7 Å². The first-order chi connectivity index (χ1) is 11.2. The van der Waals surface area contributed by atoms with Gasteiger partial charge in [0.1, 0.15) is 5.94 Å². The SMILES string of the molecule is COC(=O)C(=O)C(CC(=C=O)c1ccccc1)c1ccccc1. The number of benzene rings is 2. The zero-order valence-electron chi connectivity index (χ0n) is 12.7. The molecule has 0 heterocycles. The molecule has 1 atom stereocenters. The Kier molecular flexibility index (Phi) is 5.61. The van der Waals surface area contributed by atoms with Crippen molar-refractivity contribution in [2.45, 2.75) is 12.3 Å². The van der Waals surface area contributed by atoms with E-state index in [-0.39, 0.29) is 6.42 Å². The molecule has 0 bridgehead atoms. The molecule has 0 aliphatic rings. The van der Waals surface area contributed by atoms with Crippen molar-refractivity contribution in [1.82, 2.24) is 0 Å². The van der Waals surface area contributed by atoms with Crippen molar-refractivity contribution >= 4 is 23.3 Å². The van der Waals surface area contributed by atoms with Crippen LogP contribution in [0.15, 0.2) is 60.7 Å². The molecule has 1 unspecified atom stereocenters. The summed E-state index contributed by atoms with van der Waals surface area (Å²) in [5, 5.41) is 0. The number of Topliss-reactive ketones (excluding diaryl/α,β-unsaturated/α-hetero) is 1. The van der Waals surface area contributed by atoms with Gasteiger partial charge in [0.15, 0.2) is 0 Å². The fraction of sp³-hybridized carbons (Fsp3) is 0.158. The maximum Gasteiger partial charge on any atom is 0.374 e. The van der Waals surface area contributed by atoms with Crippen LogP contribution < -0.4 is 0 Å². The average Bonchev–Trinajstić information content (AvgIpc) is 2.63. The maximum atomic E-state index is 12.3. The van der Waals surface area contributed by atoms with Crippen molar-refractivity contribution in [2.75, 3.05) is 7.11 Å². The molecule has 0 saturated heterocycles. The Hall–Kier alpha value is -2.97. The van der Waals surface area contributed by atoms with Gasteiger partial charge in [-0.15, -0.1) is 0 Å². The molecule has 0 saturated carbocycles. The summed E-state index contributed by atoms with van der Waals surface area (Å²) < 4.78 is 4.54. The van der Waals surface area contributed by atoms with Gasteiger partial charge in [-0.3, -0.25) is 4.79 Å². The van der Waals surface area contributed by atoms with Crippen LogP contribution in [-0.2, 0) is 19.1 Å². The zero-order valence-corrected chi connectivity index (χ0v) is 12.7. The summed E-state index contributed by atoms with van der Waals surface area (Å²) in [5.41, 5.74) is 1.68. The molecule has 0 N–H and O–H groups in total. The summed E-state index contributed by atoms with van der Waals surface area (Å²) in [4.78, 5) is 35.3. The van der Waals surface area contributed by atoms with Gasteiger partial charge in [0.25, 0.3) is 0 Å². The van der Waals surface area contributed by atoms with E-state index in [1.165, 1.54) is 0 Å². The van der Waals surface area contributed by atoms with Gasteiger partial charge in [0, 0.05) is 5.57 Å². The van der Waals surface area contributed by atoms with E-state index in [9.17, 15) is 14.4 Å². The van der Waals surface area contributed by atoms with E-state index in [4.69, 9.17) is 0 Å². The van der Waals surface area contributed by atoms with Crippen LogP contribution in [0.1, 0.15) is 23.5 Å². The molecule has 23 heavy (non-hydrogen) atoms. The molecule has 0 spiro atoms. The molecule has 116 valence electrons. The molecule has 0 aliphatic carbocycles. The van der Waals surface area contributed by atoms with E-state index in [2.05, 4.69) is 4.74 Å². The predicted octanol–water partition coefficient (Wildman–Crippen LogP) is 2.82. The van der Waals surface area contributed by atoms with Crippen LogP contribution in [0.3, 0.4) is 0 Å². The highest BCUT2D eigenvalue weighted by Gasteiger charge is 2.29. The second kappa shape index (κ2) is 7.87. The minimum absolute atomic E-state index is 0.0887. The Balaban J connectivity index is 2.37.